The Morgan fingerprint density at radius 1 is 1.39 bits per heavy atom. The largest absolute Gasteiger partial charge is 0.392 e. The summed E-state index contributed by atoms with van der Waals surface area (Å²) in [7, 11) is 0. The highest BCUT2D eigenvalue weighted by molar-refractivity contribution is 5.10. The van der Waals surface area contributed by atoms with Crippen molar-refractivity contribution in [1.82, 2.24) is 0 Å². The van der Waals surface area contributed by atoms with Crippen LogP contribution in [0, 0.1) is 11.8 Å². The second-order valence-electron chi connectivity index (χ2n) is 6.52. The molecule has 3 nitrogen and oxygen atoms in total. The number of ether oxygens (including phenoxy) is 1. The lowest BCUT2D eigenvalue weighted by molar-refractivity contribution is -0.0236. The molecule has 1 aliphatic heterocycles. The molecule has 0 unspecified atom stereocenters. The molecule has 3 heteroatoms. The summed E-state index contributed by atoms with van der Waals surface area (Å²) < 4.78 is 5.72. The van der Waals surface area contributed by atoms with Crippen molar-refractivity contribution in [1.29, 1.82) is 0 Å². The number of hydrogen-bond donors (Lipinski definition) is 2. The Kier molecular flexibility index (Phi) is 3.86. The van der Waals surface area contributed by atoms with E-state index >= 15 is 0 Å². The first-order chi connectivity index (χ1) is 8.35. The number of fused-ring (bicyclic) bond motifs is 1. The lowest BCUT2D eigenvalue weighted by Gasteiger charge is -2.31. The van der Waals surface area contributed by atoms with Gasteiger partial charge in [-0.2, -0.15) is 0 Å². The maximum atomic E-state index is 10.5. The van der Waals surface area contributed by atoms with E-state index < -0.39 is 12.2 Å². The molecule has 5 atom stereocenters. The van der Waals surface area contributed by atoms with Crippen LogP contribution in [0.25, 0.3) is 0 Å². The zero-order valence-electron chi connectivity index (χ0n) is 11.9. The molecule has 0 radical (unpaired) electrons. The fraction of sp³-hybridized carbons (Fsp3) is 0.867. The zero-order valence-corrected chi connectivity index (χ0v) is 11.9. The normalized spacial score (nSPS) is 48.3. The standard InChI is InChI=1S/C15H26O3/c1-9(2)12-11(16)8-10(3)6-5-7-15(4)14(18-15)13(12)17/h6,9,11-14,16-17H,5,7-8H2,1-4H3/b10-6+/t11-,12+,13+,14+,15-/m0/s1. The number of allylic oxidation sites excluding steroid dienone is 1. The van der Waals surface area contributed by atoms with E-state index in [2.05, 4.69) is 33.8 Å². The topological polar surface area (TPSA) is 53.0 Å². The molecule has 1 aliphatic carbocycles. The quantitative estimate of drug-likeness (QED) is 0.557. The second-order valence-corrected chi connectivity index (χ2v) is 6.52. The number of rotatable bonds is 1. The number of aliphatic hydroxyl groups excluding tert-OH is 2. The monoisotopic (exact) mass is 254 g/mol. The van der Waals surface area contributed by atoms with Gasteiger partial charge in [0.15, 0.2) is 0 Å². The minimum absolute atomic E-state index is 0.105. The summed E-state index contributed by atoms with van der Waals surface area (Å²) in [5, 5.41) is 20.9. The van der Waals surface area contributed by atoms with Crippen LogP contribution in [-0.4, -0.2) is 34.1 Å². The third kappa shape index (κ3) is 2.63. The van der Waals surface area contributed by atoms with Crippen molar-refractivity contribution in [3.8, 4) is 0 Å². The molecule has 2 rings (SSSR count). The lowest BCUT2D eigenvalue weighted by atomic mass is 9.78. The van der Waals surface area contributed by atoms with Crippen LogP contribution >= 0.6 is 0 Å². The van der Waals surface area contributed by atoms with Gasteiger partial charge >= 0.3 is 0 Å². The van der Waals surface area contributed by atoms with E-state index in [-0.39, 0.29) is 23.5 Å². The van der Waals surface area contributed by atoms with Crippen molar-refractivity contribution in [2.24, 2.45) is 11.8 Å². The molecule has 0 aromatic carbocycles. The van der Waals surface area contributed by atoms with Crippen LogP contribution < -0.4 is 0 Å². The average Bonchev–Trinajstić information content (AvgIpc) is 2.89. The first-order valence-corrected chi connectivity index (χ1v) is 7.05. The lowest BCUT2D eigenvalue weighted by Crippen LogP contribution is -2.41. The smallest absolute Gasteiger partial charge is 0.113 e. The van der Waals surface area contributed by atoms with Crippen molar-refractivity contribution >= 4 is 0 Å². The van der Waals surface area contributed by atoms with Gasteiger partial charge in [-0.3, -0.25) is 0 Å². The van der Waals surface area contributed by atoms with Gasteiger partial charge in [0.05, 0.1) is 17.8 Å². The van der Waals surface area contributed by atoms with Crippen LogP contribution in [0.2, 0.25) is 0 Å². The van der Waals surface area contributed by atoms with Crippen LogP contribution in [0.15, 0.2) is 11.6 Å². The molecule has 0 bridgehead atoms. The number of hydrogen-bond acceptors (Lipinski definition) is 3. The summed E-state index contributed by atoms with van der Waals surface area (Å²) in [6.45, 7) is 8.24. The fourth-order valence-corrected chi connectivity index (χ4v) is 3.31. The predicted molar refractivity (Wildman–Crippen MR) is 71.2 cm³/mol. The van der Waals surface area contributed by atoms with Crippen molar-refractivity contribution < 1.29 is 14.9 Å². The van der Waals surface area contributed by atoms with Crippen LogP contribution in [0.1, 0.15) is 47.0 Å². The molecule has 2 N–H and O–H groups in total. The van der Waals surface area contributed by atoms with E-state index in [4.69, 9.17) is 4.74 Å². The highest BCUT2D eigenvalue weighted by Crippen LogP contribution is 2.46. The van der Waals surface area contributed by atoms with E-state index in [0.717, 1.165) is 12.8 Å². The van der Waals surface area contributed by atoms with E-state index in [1.54, 1.807) is 0 Å². The van der Waals surface area contributed by atoms with Crippen LogP contribution in [0.3, 0.4) is 0 Å². The van der Waals surface area contributed by atoms with Gasteiger partial charge < -0.3 is 14.9 Å². The van der Waals surface area contributed by atoms with Gasteiger partial charge in [0.2, 0.25) is 0 Å². The molecular weight excluding hydrogens is 228 g/mol. The van der Waals surface area contributed by atoms with E-state index in [1.165, 1.54) is 5.57 Å². The van der Waals surface area contributed by atoms with Crippen LogP contribution in [0.5, 0.6) is 0 Å². The highest BCUT2D eigenvalue weighted by Gasteiger charge is 2.58. The van der Waals surface area contributed by atoms with E-state index in [9.17, 15) is 10.2 Å². The third-order valence-corrected chi connectivity index (χ3v) is 4.52. The van der Waals surface area contributed by atoms with Crippen LogP contribution in [-0.2, 0) is 4.74 Å². The second kappa shape index (κ2) is 4.95. The molecule has 2 aliphatic rings. The van der Waals surface area contributed by atoms with Gasteiger partial charge in [0, 0.05) is 5.92 Å². The molecular formula is C15H26O3. The molecule has 0 aromatic rings. The minimum Gasteiger partial charge on any atom is -0.392 e. The zero-order chi connectivity index (χ0) is 13.5. The molecule has 18 heavy (non-hydrogen) atoms. The van der Waals surface area contributed by atoms with Gasteiger partial charge in [0.1, 0.15) is 6.10 Å². The number of epoxide rings is 1. The van der Waals surface area contributed by atoms with Crippen molar-refractivity contribution in [2.45, 2.75) is 70.9 Å². The first kappa shape index (κ1) is 14.0. The maximum absolute atomic E-state index is 10.5. The summed E-state index contributed by atoms with van der Waals surface area (Å²) in [6.07, 6.45) is 3.62. The summed E-state index contributed by atoms with van der Waals surface area (Å²) in [4.78, 5) is 0. The van der Waals surface area contributed by atoms with Gasteiger partial charge in [-0.15, -0.1) is 0 Å². The molecule has 1 fully saturated rings. The first-order valence-electron chi connectivity index (χ1n) is 7.05. The van der Waals surface area contributed by atoms with Gasteiger partial charge in [-0.05, 0) is 39.0 Å². The molecule has 1 heterocycles. The van der Waals surface area contributed by atoms with Crippen LogP contribution in [0.4, 0.5) is 0 Å². The molecule has 0 spiro atoms. The summed E-state index contributed by atoms with van der Waals surface area (Å²) in [5.74, 6) is 0.133. The molecule has 104 valence electrons. The Balaban J connectivity index is 2.22. The van der Waals surface area contributed by atoms with Crippen molar-refractivity contribution in [3.05, 3.63) is 11.6 Å². The van der Waals surface area contributed by atoms with Crippen molar-refractivity contribution in [2.75, 3.05) is 0 Å². The van der Waals surface area contributed by atoms with Gasteiger partial charge in [0.25, 0.3) is 0 Å². The SMILES string of the molecule is C/C1=C\CC[C@]2(C)O[C@@H]2[C@H](O)[C@H](C(C)C)[C@@H](O)C1. The molecule has 1 saturated heterocycles. The van der Waals surface area contributed by atoms with E-state index in [1.807, 2.05) is 0 Å². The summed E-state index contributed by atoms with van der Waals surface area (Å²) in [5.41, 5.74) is 1.02. The number of aliphatic hydroxyl groups is 2. The highest BCUT2D eigenvalue weighted by atomic mass is 16.6. The Bertz CT molecular complexity index is 337. The molecule has 0 aromatic heterocycles. The average molecular weight is 254 g/mol. The molecule has 0 saturated carbocycles. The summed E-state index contributed by atoms with van der Waals surface area (Å²) >= 11 is 0. The van der Waals surface area contributed by atoms with Gasteiger partial charge in [-0.1, -0.05) is 25.5 Å². The third-order valence-electron chi connectivity index (χ3n) is 4.52. The predicted octanol–water partition coefficient (Wildman–Crippen LogP) is 2.27. The Morgan fingerprint density at radius 2 is 2.06 bits per heavy atom. The minimum atomic E-state index is -0.559. The summed E-state index contributed by atoms with van der Waals surface area (Å²) in [6, 6.07) is 0. The van der Waals surface area contributed by atoms with E-state index in [0.29, 0.717) is 6.42 Å². The molecule has 0 amide bonds. The van der Waals surface area contributed by atoms with Crippen molar-refractivity contribution in [3.63, 3.8) is 0 Å². The Hall–Kier alpha value is -0.380. The van der Waals surface area contributed by atoms with Gasteiger partial charge in [-0.25, -0.2) is 0 Å². The Labute approximate surface area is 110 Å². The fourth-order valence-electron chi connectivity index (χ4n) is 3.31. The maximum Gasteiger partial charge on any atom is 0.113 e. The Morgan fingerprint density at radius 3 is 2.67 bits per heavy atom.